The molecule has 1 aromatic carbocycles. The topological polar surface area (TPSA) is 84.4 Å². The highest BCUT2D eigenvalue weighted by Crippen LogP contribution is 2.28. The van der Waals surface area contributed by atoms with Gasteiger partial charge in [0.05, 0.1) is 11.0 Å². The number of nitro benzene ring substituents is 1. The molecule has 1 aliphatic heterocycles. The van der Waals surface area contributed by atoms with E-state index in [0.717, 1.165) is 26.1 Å². The van der Waals surface area contributed by atoms with Crippen LogP contribution >= 0.6 is 0 Å². The summed E-state index contributed by atoms with van der Waals surface area (Å²) in [5.74, 6) is 0.577. The van der Waals surface area contributed by atoms with Gasteiger partial charge in [-0.2, -0.15) is 4.98 Å². The van der Waals surface area contributed by atoms with E-state index in [1.54, 1.807) is 6.07 Å². The average Bonchev–Trinajstić information content (AvgIpc) is 2.91. The lowest BCUT2D eigenvalue weighted by Gasteiger charge is -2.31. The summed E-state index contributed by atoms with van der Waals surface area (Å²) < 4.78 is 5.71. The number of benzene rings is 1. The molecule has 1 aliphatic rings. The molecule has 0 radical (unpaired) electrons. The third kappa shape index (κ3) is 2.82. The van der Waals surface area contributed by atoms with Crippen molar-refractivity contribution >= 4 is 22.8 Å². The largest absolute Gasteiger partial charge is 0.423 e. The van der Waals surface area contributed by atoms with Crippen LogP contribution in [0.2, 0.25) is 0 Å². The molecule has 7 heteroatoms. The maximum atomic E-state index is 10.8. The van der Waals surface area contributed by atoms with E-state index < -0.39 is 4.92 Å². The molecule has 0 bridgehead atoms. The van der Waals surface area contributed by atoms with Gasteiger partial charge < -0.3 is 14.6 Å². The Kier molecular flexibility index (Phi) is 3.74. The van der Waals surface area contributed by atoms with E-state index in [4.69, 9.17) is 4.42 Å². The van der Waals surface area contributed by atoms with Gasteiger partial charge in [0.1, 0.15) is 5.52 Å². The lowest BCUT2D eigenvalue weighted by atomic mass is 9.98. The van der Waals surface area contributed by atoms with Crippen molar-refractivity contribution in [3.63, 3.8) is 0 Å². The maximum absolute atomic E-state index is 10.8. The number of oxazole rings is 1. The van der Waals surface area contributed by atoms with Gasteiger partial charge in [-0.3, -0.25) is 10.1 Å². The van der Waals surface area contributed by atoms with E-state index in [1.807, 2.05) is 7.05 Å². The van der Waals surface area contributed by atoms with Crippen molar-refractivity contribution < 1.29 is 9.34 Å². The average molecular weight is 290 g/mol. The van der Waals surface area contributed by atoms with E-state index in [9.17, 15) is 10.1 Å². The predicted octanol–water partition coefficient (Wildman–Crippen LogP) is 2.17. The number of aromatic nitrogens is 1. The summed E-state index contributed by atoms with van der Waals surface area (Å²) in [6.45, 7) is 2.78. The minimum Gasteiger partial charge on any atom is -0.423 e. The highest BCUT2D eigenvalue weighted by Gasteiger charge is 2.23. The maximum Gasteiger partial charge on any atom is 0.298 e. The van der Waals surface area contributed by atoms with E-state index in [1.165, 1.54) is 18.6 Å². The van der Waals surface area contributed by atoms with Gasteiger partial charge in [-0.1, -0.05) is 0 Å². The van der Waals surface area contributed by atoms with E-state index in [0.29, 0.717) is 23.0 Å². The number of nitrogens with zero attached hydrogens (tertiary/aromatic N) is 3. The summed E-state index contributed by atoms with van der Waals surface area (Å²) in [4.78, 5) is 16.9. The molecule has 1 fully saturated rings. The van der Waals surface area contributed by atoms with Crippen molar-refractivity contribution in [2.45, 2.75) is 12.8 Å². The highest BCUT2D eigenvalue weighted by molar-refractivity contribution is 5.77. The first-order valence-corrected chi connectivity index (χ1v) is 7.12. The van der Waals surface area contributed by atoms with Crippen molar-refractivity contribution in [2.24, 2.45) is 5.92 Å². The number of rotatable bonds is 4. The predicted molar refractivity (Wildman–Crippen MR) is 79.5 cm³/mol. The zero-order valence-corrected chi connectivity index (χ0v) is 11.9. The van der Waals surface area contributed by atoms with Gasteiger partial charge >= 0.3 is 0 Å². The number of nitrogens with one attached hydrogen (secondary N) is 1. The Labute approximate surface area is 122 Å². The molecular formula is C14H18N4O3. The fraction of sp³-hybridized carbons (Fsp3) is 0.500. The number of non-ortho nitro benzene ring substituents is 1. The highest BCUT2D eigenvalue weighted by atomic mass is 16.6. The van der Waals surface area contributed by atoms with Crippen LogP contribution < -0.4 is 10.2 Å². The summed E-state index contributed by atoms with van der Waals surface area (Å²) in [6, 6.07) is 5.08. The van der Waals surface area contributed by atoms with Crippen molar-refractivity contribution in [2.75, 3.05) is 31.6 Å². The summed E-state index contributed by atoms with van der Waals surface area (Å²) in [6.07, 6.45) is 2.30. The molecule has 112 valence electrons. The molecule has 0 amide bonds. The minimum absolute atomic E-state index is 0.0249. The number of hydrogen-bond donors (Lipinski definition) is 1. The molecule has 0 aliphatic carbocycles. The third-order valence-electron chi connectivity index (χ3n) is 3.85. The second-order valence-electron chi connectivity index (χ2n) is 5.42. The van der Waals surface area contributed by atoms with E-state index >= 15 is 0 Å². The molecule has 3 rings (SSSR count). The van der Waals surface area contributed by atoms with Crippen LogP contribution in [0, 0.1) is 16.0 Å². The number of piperidine rings is 1. The molecular weight excluding hydrogens is 272 g/mol. The Morgan fingerprint density at radius 3 is 3.19 bits per heavy atom. The van der Waals surface area contributed by atoms with Gasteiger partial charge in [-0.15, -0.1) is 0 Å². The molecule has 2 aromatic rings. The summed E-state index contributed by atoms with van der Waals surface area (Å²) >= 11 is 0. The number of hydrogen-bond acceptors (Lipinski definition) is 6. The number of nitro groups is 1. The van der Waals surface area contributed by atoms with Gasteiger partial charge in [-0.25, -0.2) is 0 Å². The quantitative estimate of drug-likeness (QED) is 0.686. The normalized spacial score (nSPS) is 19.1. The number of anilines is 1. The SMILES string of the molecule is CNCC1CCCN(c2nc3ccc([N+](=O)[O-])cc3o2)C1. The third-order valence-corrected chi connectivity index (χ3v) is 3.85. The molecule has 1 N–H and O–H groups in total. The van der Waals surface area contributed by atoms with Crippen LogP contribution in [0.1, 0.15) is 12.8 Å². The van der Waals surface area contributed by atoms with Crippen molar-refractivity contribution in [3.8, 4) is 0 Å². The Hall–Kier alpha value is -2.15. The molecule has 0 spiro atoms. The molecule has 0 saturated carbocycles. The van der Waals surface area contributed by atoms with Gasteiger partial charge in [0, 0.05) is 19.2 Å². The van der Waals surface area contributed by atoms with Crippen LogP contribution in [0.5, 0.6) is 0 Å². The van der Waals surface area contributed by atoms with Crippen LogP contribution in [-0.4, -0.2) is 36.6 Å². The smallest absolute Gasteiger partial charge is 0.298 e. The number of fused-ring (bicyclic) bond motifs is 1. The first-order valence-electron chi connectivity index (χ1n) is 7.12. The summed E-state index contributed by atoms with van der Waals surface area (Å²) in [5, 5.41) is 14.0. The minimum atomic E-state index is -0.425. The standard InChI is InChI=1S/C14H18N4O3/c1-15-8-10-3-2-6-17(9-10)14-16-12-5-4-11(18(19)20)7-13(12)21-14/h4-5,7,10,15H,2-3,6,8-9H2,1H3. The molecule has 2 heterocycles. The van der Waals surface area contributed by atoms with E-state index in [2.05, 4.69) is 15.2 Å². The fourth-order valence-electron chi connectivity index (χ4n) is 2.84. The zero-order chi connectivity index (χ0) is 14.8. The van der Waals surface area contributed by atoms with Crippen LogP contribution in [0.3, 0.4) is 0 Å². The van der Waals surface area contributed by atoms with Crippen molar-refractivity contribution in [1.82, 2.24) is 10.3 Å². The van der Waals surface area contributed by atoms with Crippen LogP contribution in [0.25, 0.3) is 11.1 Å². The first-order chi connectivity index (χ1) is 10.2. The molecule has 1 aromatic heterocycles. The Bertz CT molecular complexity index is 653. The Morgan fingerprint density at radius 1 is 1.57 bits per heavy atom. The van der Waals surface area contributed by atoms with Gasteiger partial charge in [-0.05, 0) is 38.4 Å². The zero-order valence-electron chi connectivity index (χ0n) is 11.9. The monoisotopic (exact) mass is 290 g/mol. The summed E-state index contributed by atoms with van der Waals surface area (Å²) in [7, 11) is 1.96. The van der Waals surface area contributed by atoms with Gasteiger partial charge in [0.25, 0.3) is 11.7 Å². The van der Waals surface area contributed by atoms with Crippen LogP contribution in [0.15, 0.2) is 22.6 Å². The lowest BCUT2D eigenvalue weighted by Crippen LogP contribution is -2.39. The molecule has 1 saturated heterocycles. The molecule has 21 heavy (non-hydrogen) atoms. The molecule has 1 atom stereocenters. The van der Waals surface area contributed by atoms with Crippen molar-refractivity contribution in [1.29, 1.82) is 0 Å². The first kappa shape index (κ1) is 13.8. The Morgan fingerprint density at radius 2 is 2.43 bits per heavy atom. The second kappa shape index (κ2) is 5.69. The van der Waals surface area contributed by atoms with Crippen molar-refractivity contribution in [3.05, 3.63) is 28.3 Å². The fourth-order valence-corrected chi connectivity index (χ4v) is 2.84. The van der Waals surface area contributed by atoms with Crippen LogP contribution in [0.4, 0.5) is 11.7 Å². The summed E-state index contributed by atoms with van der Waals surface area (Å²) in [5.41, 5.74) is 1.15. The molecule has 7 nitrogen and oxygen atoms in total. The molecule has 1 unspecified atom stereocenters. The van der Waals surface area contributed by atoms with Gasteiger partial charge in [0.15, 0.2) is 5.58 Å². The second-order valence-corrected chi connectivity index (χ2v) is 5.42. The van der Waals surface area contributed by atoms with Crippen LogP contribution in [-0.2, 0) is 0 Å². The lowest BCUT2D eigenvalue weighted by molar-refractivity contribution is -0.384. The Balaban J connectivity index is 1.85. The van der Waals surface area contributed by atoms with E-state index in [-0.39, 0.29) is 5.69 Å². The van der Waals surface area contributed by atoms with Gasteiger partial charge in [0.2, 0.25) is 0 Å².